The Morgan fingerprint density at radius 1 is 1.00 bits per heavy atom. The first-order valence-electron chi connectivity index (χ1n) is 13.4. The van der Waals surface area contributed by atoms with Crippen molar-refractivity contribution in [2.45, 2.75) is 50.6 Å². The third-order valence-electron chi connectivity index (χ3n) is 8.79. The molecule has 6 rings (SSSR count). The molecule has 7 N–H and O–H groups in total. The van der Waals surface area contributed by atoms with Crippen LogP contribution in [-0.4, -0.2) is 70.5 Å². The van der Waals surface area contributed by atoms with Crippen molar-refractivity contribution >= 4 is 23.1 Å². The van der Waals surface area contributed by atoms with Crippen molar-refractivity contribution in [2.24, 2.45) is 17.6 Å². The number of rotatable bonds is 4. The quantitative estimate of drug-likeness (QED) is 0.325. The molecule has 202 valence electrons. The number of anilines is 1. The van der Waals surface area contributed by atoms with Crippen LogP contribution in [0.3, 0.4) is 0 Å². The Hall–Kier alpha value is -3.50. The Morgan fingerprint density at radius 2 is 1.71 bits per heavy atom. The number of carbonyl (C=O) groups is 2. The zero-order valence-electron chi connectivity index (χ0n) is 21.1. The number of aliphatic hydroxyl groups excluding tert-OH is 3. The summed E-state index contributed by atoms with van der Waals surface area (Å²) in [5.74, 6) is -4.03. The van der Waals surface area contributed by atoms with Crippen LogP contribution in [0.4, 0.5) is 5.69 Å². The Kier molecular flexibility index (Phi) is 6.11. The molecule has 1 aromatic rings. The summed E-state index contributed by atoms with van der Waals surface area (Å²) in [6.07, 6.45) is 4.28. The number of aliphatic hydroxyl groups is 3. The molecule has 2 fully saturated rings. The monoisotopic (exact) mass is 523 g/mol. The highest BCUT2D eigenvalue weighted by Crippen LogP contribution is 2.52. The number of primary amides is 1. The number of benzene rings is 1. The number of nitrogens with two attached hydrogens (primary N) is 1. The maximum Gasteiger partial charge on any atom is 0.256 e. The van der Waals surface area contributed by atoms with Crippen LogP contribution in [0.2, 0.25) is 0 Å². The van der Waals surface area contributed by atoms with Crippen LogP contribution in [0, 0.1) is 11.8 Å². The second kappa shape index (κ2) is 9.36. The summed E-state index contributed by atoms with van der Waals surface area (Å²) >= 11 is 0. The molecule has 10 nitrogen and oxygen atoms in total. The number of carbonyl (C=O) groups excluding carboxylic acids is 2. The van der Waals surface area contributed by atoms with Gasteiger partial charge in [-0.2, -0.15) is 0 Å². The van der Waals surface area contributed by atoms with Crippen LogP contribution < -0.4 is 16.0 Å². The molecule has 2 saturated heterocycles. The SMILES string of the molecule is NC(=O)C1=C(O)C2=C(O)C3=C(O)c4c(O)ccc(N5CCCC5)c4CC3CC2C(NC2CCOCC2)C1=O. The van der Waals surface area contributed by atoms with E-state index in [1.807, 2.05) is 6.07 Å². The third-order valence-corrected chi connectivity index (χ3v) is 8.79. The molecule has 0 aromatic heterocycles. The average molecular weight is 524 g/mol. The summed E-state index contributed by atoms with van der Waals surface area (Å²) < 4.78 is 5.44. The first kappa shape index (κ1) is 24.8. The van der Waals surface area contributed by atoms with Gasteiger partial charge in [0, 0.05) is 55.1 Å². The molecule has 3 aliphatic carbocycles. The van der Waals surface area contributed by atoms with Gasteiger partial charge in [0.15, 0.2) is 5.78 Å². The van der Waals surface area contributed by atoms with Crippen molar-refractivity contribution in [1.82, 2.24) is 5.32 Å². The van der Waals surface area contributed by atoms with Crippen molar-refractivity contribution in [1.29, 1.82) is 0 Å². The summed E-state index contributed by atoms with van der Waals surface area (Å²) in [7, 11) is 0. The molecule has 10 heteroatoms. The molecule has 0 spiro atoms. The van der Waals surface area contributed by atoms with E-state index in [2.05, 4.69) is 10.2 Å². The smallest absolute Gasteiger partial charge is 0.256 e. The molecule has 3 atom stereocenters. The van der Waals surface area contributed by atoms with Crippen molar-refractivity contribution in [3.8, 4) is 5.75 Å². The van der Waals surface area contributed by atoms with E-state index in [4.69, 9.17) is 10.5 Å². The fraction of sp³-hybridized carbons (Fsp3) is 0.500. The molecule has 0 saturated carbocycles. The van der Waals surface area contributed by atoms with E-state index in [-0.39, 0.29) is 45.9 Å². The number of hydrogen-bond donors (Lipinski definition) is 6. The minimum absolute atomic E-state index is 0.0272. The topological polar surface area (TPSA) is 166 Å². The van der Waals surface area contributed by atoms with E-state index in [9.17, 15) is 30.0 Å². The van der Waals surface area contributed by atoms with Gasteiger partial charge in [0.25, 0.3) is 5.91 Å². The second-order valence-electron chi connectivity index (χ2n) is 10.9. The molecule has 1 amide bonds. The van der Waals surface area contributed by atoms with Gasteiger partial charge >= 0.3 is 0 Å². The number of fused-ring (bicyclic) bond motifs is 3. The highest BCUT2D eigenvalue weighted by Gasteiger charge is 2.50. The predicted molar refractivity (Wildman–Crippen MR) is 139 cm³/mol. The number of aromatic hydroxyl groups is 1. The maximum absolute atomic E-state index is 13.5. The number of phenolic OH excluding ortho intramolecular Hbond substituents is 1. The standard InChI is InChI=1S/C28H33N3O7/c29-28(37)22-26(35)21-16(23(27(22)36)30-14-5-9-38-10-6-14)12-13-11-15-17(31-7-1-2-8-31)3-4-18(32)20(15)24(33)19(13)25(21)34/h3-4,13-14,16,23,30,32-35H,1-2,5-12H2,(H2,29,37). The molecular weight excluding hydrogens is 490 g/mol. The molecular formula is C28H33N3O7. The van der Waals surface area contributed by atoms with Gasteiger partial charge in [-0.1, -0.05) is 0 Å². The number of nitrogens with zero attached hydrogens (tertiary/aromatic N) is 1. The molecule has 1 aromatic carbocycles. The first-order valence-corrected chi connectivity index (χ1v) is 13.4. The van der Waals surface area contributed by atoms with E-state index in [1.165, 1.54) is 0 Å². The van der Waals surface area contributed by atoms with Crippen molar-refractivity contribution in [3.05, 3.63) is 51.5 Å². The van der Waals surface area contributed by atoms with Crippen LogP contribution in [0.15, 0.2) is 40.4 Å². The molecule has 2 aliphatic heterocycles. The zero-order chi connectivity index (χ0) is 26.7. The van der Waals surface area contributed by atoms with E-state index in [0.29, 0.717) is 38.9 Å². The molecule has 5 aliphatic rings. The Morgan fingerprint density at radius 3 is 2.39 bits per heavy atom. The van der Waals surface area contributed by atoms with Gasteiger partial charge in [-0.3, -0.25) is 9.59 Å². The van der Waals surface area contributed by atoms with E-state index in [1.54, 1.807) is 6.07 Å². The fourth-order valence-corrected chi connectivity index (χ4v) is 7.01. The Labute approximate surface area is 220 Å². The molecule has 38 heavy (non-hydrogen) atoms. The van der Waals surface area contributed by atoms with Gasteiger partial charge in [0.05, 0.1) is 11.6 Å². The van der Waals surface area contributed by atoms with Gasteiger partial charge < -0.3 is 41.1 Å². The summed E-state index contributed by atoms with van der Waals surface area (Å²) in [4.78, 5) is 28.0. The summed E-state index contributed by atoms with van der Waals surface area (Å²) in [5, 5.41) is 48.1. The molecule has 2 heterocycles. The normalized spacial score (nSPS) is 27.9. The zero-order valence-corrected chi connectivity index (χ0v) is 21.1. The fourth-order valence-electron chi connectivity index (χ4n) is 7.01. The van der Waals surface area contributed by atoms with Crippen LogP contribution >= 0.6 is 0 Å². The van der Waals surface area contributed by atoms with Crippen LogP contribution in [0.25, 0.3) is 5.76 Å². The minimum atomic E-state index is -1.08. The van der Waals surface area contributed by atoms with Crippen LogP contribution in [-0.2, 0) is 20.7 Å². The lowest BCUT2D eigenvalue weighted by Gasteiger charge is -2.43. The van der Waals surface area contributed by atoms with Gasteiger partial charge in [0.2, 0.25) is 0 Å². The van der Waals surface area contributed by atoms with Crippen LogP contribution in [0.1, 0.15) is 43.2 Å². The van der Waals surface area contributed by atoms with Crippen molar-refractivity contribution < 1.29 is 34.8 Å². The maximum atomic E-state index is 13.5. The second-order valence-corrected chi connectivity index (χ2v) is 10.9. The van der Waals surface area contributed by atoms with Crippen LogP contribution in [0.5, 0.6) is 5.75 Å². The Bertz CT molecular complexity index is 1300. The third kappa shape index (κ3) is 3.77. The average Bonchev–Trinajstić information content (AvgIpc) is 3.41. The lowest BCUT2D eigenvalue weighted by atomic mass is 9.64. The first-order chi connectivity index (χ1) is 18.3. The summed E-state index contributed by atoms with van der Waals surface area (Å²) in [5.41, 5.74) is 7.20. The number of ether oxygens (including phenoxy) is 1. The highest BCUT2D eigenvalue weighted by molar-refractivity contribution is 6.22. The number of amides is 1. The number of ketones is 1. The largest absolute Gasteiger partial charge is 0.507 e. The lowest BCUT2D eigenvalue weighted by molar-refractivity contribution is -0.124. The number of hydrogen-bond acceptors (Lipinski definition) is 9. The molecule has 0 bridgehead atoms. The minimum Gasteiger partial charge on any atom is -0.507 e. The number of Topliss-reactive ketones (excluding diaryl/α,β-unsaturated/α-hetero) is 1. The van der Waals surface area contributed by atoms with E-state index >= 15 is 0 Å². The highest BCUT2D eigenvalue weighted by atomic mass is 16.5. The molecule has 3 unspecified atom stereocenters. The molecule has 0 radical (unpaired) electrons. The van der Waals surface area contributed by atoms with E-state index < -0.39 is 35.0 Å². The number of phenols is 1. The Balaban J connectivity index is 1.49. The number of allylic oxidation sites excluding steroid dienone is 2. The van der Waals surface area contributed by atoms with Crippen molar-refractivity contribution in [3.63, 3.8) is 0 Å². The van der Waals surface area contributed by atoms with Gasteiger partial charge in [0.1, 0.15) is 28.6 Å². The van der Waals surface area contributed by atoms with Gasteiger partial charge in [-0.15, -0.1) is 0 Å². The van der Waals surface area contributed by atoms with Crippen molar-refractivity contribution in [2.75, 3.05) is 31.2 Å². The van der Waals surface area contributed by atoms with Gasteiger partial charge in [-0.25, -0.2) is 0 Å². The lowest BCUT2D eigenvalue weighted by Crippen LogP contribution is -2.55. The summed E-state index contributed by atoms with van der Waals surface area (Å²) in [6, 6.07) is 2.51. The van der Waals surface area contributed by atoms with E-state index in [0.717, 1.165) is 37.2 Å². The number of nitrogens with one attached hydrogen (secondary N) is 1. The van der Waals surface area contributed by atoms with Gasteiger partial charge in [-0.05, 0) is 62.1 Å². The predicted octanol–water partition coefficient (Wildman–Crippen LogP) is 2.28. The summed E-state index contributed by atoms with van der Waals surface area (Å²) in [6.45, 7) is 2.86.